The molecular formula is C19H26N2O2S. The van der Waals surface area contributed by atoms with E-state index in [-0.39, 0.29) is 6.04 Å². The lowest BCUT2D eigenvalue weighted by Gasteiger charge is -2.26. The smallest absolute Gasteiger partial charge is 0.240 e. The van der Waals surface area contributed by atoms with Crippen LogP contribution >= 0.6 is 0 Å². The van der Waals surface area contributed by atoms with E-state index in [2.05, 4.69) is 23.5 Å². The van der Waals surface area contributed by atoms with Crippen LogP contribution in [0.25, 0.3) is 11.1 Å². The molecule has 0 spiro atoms. The zero-order chi connectivity index (χ0) is 17.6. The van der Waals surface area contributed by atoms with Crippen LogP contribution in [0.5, 0.6) is 0 Å². The van der Waals surface area contributed by atoms with E-state index in [0.717, 1.165) is 24.2 Å². The Kier molecular flexibility index (Phi) is 6.54. The van der Waals surface area contributed by atoms with E-state index in [1.54, 1.807) is 12.1 Å². The number of sulfonamides is 1. The molecular weight excluding hydrogens is 320 g/mol. The van der Waals surface area contributed by atoms with Crippen LogP contribution in [-0.4, -0.2) is 39.0 Å². The Balaban J connectivity index is 2.07. The molecule has 0 bridgehead atoms. The summed E-state index contributed by atoms with van der Waals surface area (Å²) < 4.78 is 27.6. The van der Waals surface area contributed by atoms with E-state index < -0.39 is 10.0 Å². The van der Waals surface area contributed by atoms with Crippen molar-refractivity contribution in [3.8, 4) is 11.1 Å². The van der Waals surface area contributed by atoms with Gasteiger partial charge in [-0.2, -0.15) is 0 Å². The summed E-state index contributed by atoms with van der Waals surface area (Å²) in [6.45, 7) is 8.42. The van der Waals surface area contributed by atoms with Gasteiger partial charge in [-0.3, -0.25) is 4.90 Å². The quantitative estimate of drug-likeness (QED) is 0.797. The normalized spacial score (nSPS) is 13.2. The summed E-state index contributed by atoms with van der Waals surface area (Å²) in [5, 5.41) is 0. The van der Waals surface area contributed by atoms with Crippen LogP contribution in [0.15, 0.2) is 59.5 Å². The molecule has 2 aromatic carbocycles. The number of hydrogen-bond acceptors (Lipinski definition) is 3. The first-order valence-electron chi connectivity index (χ1n) is 8.37. The Morgan fingerprint density at radius 2 is 1.46 bits per heavy atom. The lowest BCUT2D eigenvalue weighted by molar-refractivity contribution is 0.232. The van der Waals surface area contributed by atoms with Crippen molar-refractivity contribution in [2.24, 2.45) is 0 Å². The van der Waals surface area contributed by atoms with Crippen molar-refractivity contribution in [3.63, 3.8) is 0 Å². The Labute approximate surface area is 145 Å². The first-order chi connectivity index (χ1) is 11.5. The maximum atomic E-state index is 12.5. The molecule has 4 nitrogen and oxygen atoms in total. The Morgan fingerprint density at radius 3 is 2.00 bits per heavy atom. The highest BCUT2D eigenvalue weighted by Gasteiger charge is 2.17. The molecule has 130 valence electrons. The first-order valence-corrected chi connectivity index (χ1v) is 9.85. The van der Waals surface area contributed by atoms with E-state index >= 15 is 0 Å². The van der Waals surface area contributed by atoms with Crippen molar-refractivity contribution in [3.05, 3.63) is 54.6 Å². The van der Waals surface area contributed by atoms with E-state index in [9.17, 15) is 8.42 Å². The number of benzene rings is 2. The SMILES string of the molecule is CCN(CC)C(C)CNS(=O)(=O)c1ccc(-c2ccccc2)cc1. The number of hydrogen-bond donors (Lipinski definition) is 1. The molecule has 1 unspecified atom stereocenters. The summed E-state index contributed by atoms with van der Waals surface area (Å²) in [5.74, 6) is 0. The number of rotatable bonds is 8. The minimum absolute atomic E-state index is 0.165. The van der Waals surface area contributed by atoms with Gasteiger partial charge in [0.15, 0.2) is 0 Å². The van der Waals surface area contributed by atoms with Gasteiger partial charge in [0.25, 0.3) is 0 Å². The van der Waals surface area contributed by atoms with Crippen LogP contribution in [0.3, 0.4) is 0 Å². The maximum Gasteiger partial charge on any atom is 0.240 e. The molecule has 0 radical (unpaired) electrons. The van der Waals surface area contributed by atoms with E-state index in [1.165, 1.54) is 0 Å². The van der Waals surface area contributed by atoms with Crippen molar-refractivity contribution in [1.82, 2.24) is 9.62 Å². The van der Waals surface area contributed by atoms with Gasteiger partial charge >= 0.3 is 0 Å². The minimum Gasteiger partial charge on any atom is -0.300 e. The van der Waals surface area contributed by atoms with Crippen LogP contribution < -0.4 is 4.72 Å². The summed E-state index contributed by atoms with van der Waals surface area (Å²) in [5.41, 5.74) is 2.08. The highest BCUT2D eigenvalue weighted by atomic mass is 32.2. The summed E-state index contributed by atoms with van der Waals surface area (Å²) in [6.07, 6.45) is 0. The van der Waals surface area contributed by atoms with Gasteiger partial charge in [0.05, 0.1) is 4.90 Å². The number of nitrogens with zero attached hydrogens (tertiary/aromatic N) is 1. The second kappa shape index (κ2) is 8.42. The van der Waals surface area contributed by atoms with Gasteiger partial charge in [0.2, 0.25) is 10.0 Å². The lowest BCUT2D eigenvalue weighted by Crippen LogP contribution is -2.41. The molecule has 2 aromatic rings. The molecule has 5 heteroatoms. The molecule has 0 aliphatic heterocycles. The predicted octanol–water partition coefficient (Wildman–Crippen LogP) is 3.36. The van der Waals surface area contributed by atoms with Crippen LogP contribution in [-0.2, 0) is 10.0 Å². The van der Waals surface area contributed by atoms with Crippen molar-refractivity contribution in [2.75, 3.05) is 19.6 Å². The van der Waals surface area contributed by atoms with Gasteiger partial charge in [-0.25, -0.2) is 13.1 Å². The molecule has 1 atom stereocenters. The van der Waals surface area contributed by atoms with E-state index in [1.807, 2.05) is 49.4 Å². The molecule has 24 heavy (non-hydrogen) atoms. The standard InChI is InChI=1S/C19H26N2O2S/c1-4-21(5-2)16(3)15-20-24(22,23)19-13-11-18(12-14-19)17-9-7-6-8-10-17/h6-14,16,20H,4-5,15H2,1-3H3. The minimum atomic E-state index is -3.48. The zero-order valence-corrected chi connectivity index (χ0v) is 15.4. The maximum absolute atomic E-state index is 12.5. The molecule has 0 fully saturated rings. The zero-order valence-electron chi connectivity index (χ0n) is 14.6. The largest absolute Gasteiger partial charge is 0.300 e. The van der Waals surface area contributed by atoms with E-state index in [4.69, 9.17) is 0 Å². The summed E-state index contributed by atoms with van der Waals surface area (Å²) in [4.78, 5) is 2.52. The van der Waals surface area contributed by atoms with E-state index in [0.29, 0.717) is 11.4 Å². The summed E-state index contributed by atoms with van der Waals surface area (Å²) in [6, 6.07) is 17.1. The van der Waals surface area contributed by atoms with Crippen LogP contribution in [0.2, 0.25) is 0 Å². The third-order valence-corrected chi connectivity index (χ3v) is 5.72. The van der Waals surface area contributed by atoms with Crippen LogP contribution in [0.4, 0.5) is 0 Å². The van der Waals surface area contributed by atoms with Gasteiger partial charge in [-0.15, -0.1) is 0 Å². The topological polar surface area (TPSA) is 49.4 Å². The third kappa shape index (κ3) is 4.66. The van der Waals surface area contributed by atoms with Crippen LogP contribution in [0.1, 0.15) is 20.8 Å². The molecule has 2 rings (SSSR count). The molecule has 1 N–H and O–H groups in total. The number of nitrogens with one attached hydrogen (secondary N) is 1. The van der Waals surface area contributed by atoms with Gasteiger partial charge in [0, 0.05) is 12.6 Å². The molecule has 0 saturated heterocycles. The average molecular weight is 346 g/mol. The highest BCUT2D eigenvalue weighted by Crippen LogP contribution is 2.20. The molecule has 0 amide bonds. The van der Waals surface area contributed by atoms with Gasteiger partial charge in [0.1, 0.15) is 0 Å². The Morgan fingerprint density at radius 1 is 0.917 bits per heavy atom. The van der Waals surface area contributed by atoms with Crippen molar-refractivity contribution >= 4 is 10.0 Å². The Hall–Kier alpha value is -1.69. The van der Waals surface area contributed by atoms with Gasteiger partial charge < -0.3 is 0 Å². The second-order valence-electron chi connectivity index (χ2n) is 5.81. The summed E-state index contributed by atoms with van der Waals surface area (Å²) in [7, 11) is -3.48. The molecule has 0 aliphatic rings. The van der Waals surface area contributed by atoms with Crippen molar-refractivity contribution in [1.29, 1.82) is 0 Å². The first kappa shape index (κ1) is 18.6. The fourth-order valence-corrected chi connectivity index (χ4v) is 3.87. The van der Waals surface area contributed by atoms with Crippen molar-refractivity contribution in [2.45, 2.75) is 31.7 Å². The monoisotopic (exact) mass is 346 g/mol. The average Bonchev–Trinajstić information content (AvgIpc) is 2.62. The molecule has 0 saturated carbocycles. The van der Waals surface area contributed by atoms with Gasteiger partial charge in [-0.05, 0) is 43.3 Å². The fraction of sp³-hybridized carbons (Fsp3) is 0.368. The number of likely N-dealkylation sites (N-methyl/N-ethyl adjacent to an activating group) is 1. The molecule has 0 heterocycles. The summed E-state index contributed by atoms with van der Waals surface area (Å²) >= 11 is 0. The predicted molar refractivity (Wildman–Crippen MR) is 99.4 cm³/mol. The van der Waals surface area contributed by atoms with Crippen molar-refractivity contribution < 1.29 is 8.42 Å². The Bertz CT molecular complexity index is 724. The van der Waals surface area contributed by atoms with Crippen LogP contribution in [0, 0.1) is 0 Å². The highest BCUT2D eigenvalue weighted by molar-refractivity contribution is 7.89. The van der Waals surface area contributed by atoms with Gasteiger partial charge in [-0.1, -0.05) is 56.3 Å². The molecule has 0 aliphatic carbocycles. The lowest BCUT2D eigenvalue weighted by atomic mass is 10.1. The third-order valence-electron chi connectivity index (χ3n) is 4.28. The fourth-order valence-electron chi connectivity index (χ4n) is 2.75. The molecule has 0 aromatic heterocycles. The second-order valence-corrected chi connectivity index (χ2v) is 7.58.